The second kappa shape index (κ2) is 18.9. The second-order valence-corrected chi connectivity index (χ2v) is 9.53. The van der Waals surface area contributed by atoms with Gasteiger partial charge in [0, 0.05) is 0 Å². The highest BCUT2D eigenvalue weighted by Crippen LogP contribution is 2.41. The van der Waals surface area contributed by atoms with Gasteiger partial charge in [0.1, 0.15) is 11.5 Å². The van der Waals surface area contributed by atoms with Gasteiger partial charge in [0.25, 0.3) is 0 Å². The van der Waals surface area contributed by atoms with Crippen molar-refractivity contribution >= 4 is 8.60 Å². The monoisotopic (exact) mass is 458 g/mol. The topological polar surface area (TPSA) is 27.7 Å². The minimum Gasteiger partial charge on any atom is -0.418 e. The molecule has 4 heteroatoms. The molecule has 2 aromatic rings. The first kappa shape index (κ1) is 26.7. The van der Waals surface area contributed by atoms with Crippen molar-refractivity contribution in [2.45, 2.75) is 96.8 Å². The summed E-state index contributed by atoms with van der Waals surface area (Å²) in [5, 5.41) is 0. The molecule has 0 fully saturated rings. The van der Waals surface area contributed by atoms with Gasteiger partial charge in [-0.2, -0.15) is 0 Å². The molecule has 0 spiro atoms. The Hall–Kier alpha value is -1.57. The van der Waals surface area contributed by atoms with E-state index in [2.05, 4.69) is 6.92 Å². The van der Waals surface area contributed by atoms with Crippen LogP contribution in [0.5, 0.6) is 11.5 Å². The zero-order valence-electron chi connectivity index (χ0n) is 20.1. The maximum atomic E-state index is 5.98. The second-order valence-electron chi connectivity index (χ2n) is 8.46. The lowest BCUT2D eigenvalue weighted by molar-refractivity contribution is 0.258. The van der Waals surface area contributed by atoms with Crippen LogP contribution in [0.1, 0.15) is 96.8 Å². The molecule has 0 atom stereocenters. The quantitative estimate of drug-likeness (QED) is 0.146. The molecule has 0 radical (unpaired) electrons. The third-order valence-electron chi connectivity index (χ3n) is 5.54. The maximum Gasteiger partial charge on any atom is 0.463 e. The maximum absolute atomic E-state index is 5.98. The SMILES string of the molecule is CCCCCCCCCCCCCCCCOP(Oc1ccccc1)Oc1ccccc1. The van der Waals surface area contributed by atoms with Gasteiger partial charge < -0.3 is 9.05 Å². The molecular formula is C28H43O3P. The van der Waals surface area contributed by atoms with Crippen LogP contribution in [0.15, 0.2) is 60.7 Å². The van der Waals surface area contributed by atoms with Crippen LogP contribution >= 0.6 is 8.60 Å². The Labute approximate surface area is 197 Å². The van der Waals surface area contributed by atoms with Gasteiger partial charge in [0.2, 0.25) is 0 Å². The van der Waals surface area contributed by atoms with Gasteiger partial charge in [0.15, 0.2) is 0 Å². The smallest absolute Gasteiger partial charge is 0.418 e. The Bertz CT molecular complexity index is 609. The summed E-state index contributed by atoms with van der Waals surface area (Å²) in [5.74, 6) is 1.55. The number of hydrogen-bond acceptors (Lipinski definition) is 3. The summed E-state index contributed by atoms with van der Waals surface area (Å²) in [4.78, 5) is 0. The molecule has 0 aliphatic carbocycles. The molecule has 32 heavy (non-hydrogen) atoms. The van der Waals surface area contributed by atoms with Crippen LogP contribution in [0, 0.1) is 0 Å². The first-order chi connectivity index (χ1) is 15.9. The molecule has 0 aromatic heterocycles. The summed E-state index contributed by atoms with van der Waals surface area (Å²) in [6.45, 7) is 2.95. The number of rotatable bonds is 20. The molecular weight excluding hydrogens is 415 g/mol. The van der Waals surface area contributed by atoms with Crippen LogP contribution in [-0.2, 0) is 4.52 Å². The van der Waals surface area contributed by atoms with Crippen molar-refractivity contribution in [2.24, 2.45) is 0 Å². The Balaban J connectivity index is 1.49. The molecule has 178 valence electrons. The minimum atomic E-state index is -1.45. The van der Waals surface area contributed by atoms with Crippen LogP contribution in [0.3, 0.4) is 0 Å². The molecule has 3 nitrogen and oxygen atoms in total. The predicted molar refractivity (Wildman–Crippen MR) is 137 cm³/mol. The van der Waals surface area contributed by atoms with Crippen molar-refractivity contribution in [3.63, 3.8) is 0 Å². The number of benzene rings is 2. The first-order valence-electron chi connectivity index (χ1n) is 12.8. The van der Waals surface area contributed by atoms with Gasteiger partial charge in [-0.05, 0) is 30.7 Å². The Morgan fingerprint density at radius 1 is 0.500 bits per heavy atom. The van der Waals surface area contributed by atoms with Crippen LogP contribution in [0.2, 0.25) is 0 Å². The fraction of sp³-hybridized carbons (Fsp3) is 0.571. The molecule has 0 N–H and O–H groups in total. The summed E-state index contributed by atoms with van der Waals surface area (Å²) >= 11 is 0. The van der Waals surface area contributed by atoms with E-state index < -0.39 is 8.60 Å². The van der Waals surface area contributed by atoms with E-state index in [1.54, 1.807) is 0 Å². The summed E-state index contributed by atoms with van der Waals surface area (Å²) in [6, 6.07) is 19.5. The third-order valence-corrected chi connectivity index (χ3v) is 6.65. The van der Waals surface area contributed by atoms with Gasteiger partial charge in [0.05, 0.1) is 6.61 Å². The van der Waals surface area contributed by atoms with Crippen molar-refractivity contribution in [1.29, 1.82) is 0 Å². The predicted octanol–water partition coefficient (Wildman–Crippen LogP) is 9.87. The molecule has 0 unspecified atom stereocenters. The Kier molecular flexibility index (Phi) is 15.8. The van der Waals surface area contributed by atoms with E-state index in [0.717, 1.165) is 17.9 Å². The summed E-state index contributed by atoms with van der Waals surface area (Å²) < 4.78 is 17.9. The lowest BCUT2D eigenvalue weighted by Gasteiger charge is -2.17. The lowest BCUT2D eigenvalue weighted by Crippen LogP contribution is -2.01. The summed E-state index contributed by atoms with van der Waals surface area (Å²) in [6.07, 6.45) is 19.0. The molecule has 0 aliphatic rings. The number of hydrogen-bond donors (Lipinski definition) is 0. The van der Waals surface area contributed by atoms with Crippen molar-refractivity contribution in [1.82, 2.24) is 0 Å². The van der Waals surface area contributed by atoms with Gasteiger partial charge in [-0.15, -0.1) is 0 Å². The summed E-state index contributed by atoms with van der Waals surface area (Å²) in [5.41, 5.74) is 0. The van der Waals surface area contributed by atoms with Gasteiger partial charge in [-0.25, -0.2) is 0 Å². The highest BCUT2D eigenvalue weighted by Gasteiger charge is 2.16. The lowest BCUT2D eigenvalue weighted by atomic mass is 10.0. The van der Waals surface area contributed by atoms with E-state index in [1.165, 1.54) is 83.5 Å². The first-order valence-corrected chi connectivity index (χ1v) is 13.9. The minimum absolute atomic E-state index is 0.670. The molecule has 0 heterocycles. The molecule has 2 rings (SSSR count). The molecule has 0 bridgehead atoms. The Morgan fingerprint density at radius 2 is 0.875 bits per heavy atom. The van der Waals surface area contributed by atoms with Crippen molar-refractivity contribution in [3.8, 4) is 11.5 Å². The average Bonchev–Trinajstić information content (AvgIpc) is 2.83. The fourth-order valence-corrected chi connectivity index (χ4v) is 4.65. The van der Waals surface area contributed by atoms with Crippen LogP contribution in [0.25, 0.3) is 0 Å². The largest absolute Gasteiger partial charge is 0.463 e. The van der Waals surface area contributed by atoms with E-state index >= 15 is 0 Å². The molecule has 0 aliphatic heterocycles. The molecule has 0 amide bonds. The summed E-state index contributed by atoms with van der Waals surface area (Å²) in [7, 11) is -1.45. The molecule has 2 aromatic carbocycles. The highest BCUT2D eigenvalue weighted by atomic mass is 31.2. The third kappa shape index (κ3) is 13.8. The molecule has 0 saturated carbocycles. The van der Waals surface area contributed by atoms with E-state index in [1.807, 2.05) is 60.7 Å². The molecule has 0 saturated heterocycles. The fourth-order valence-electron chi connectivity index (χ4n) is 3.64. The van der Waals surface area contributed by atoms with Crippen molar-refractivity contribution in [3.05, 3.63) is 60.7 Å². The van der Waals surface area contributed by atoms with Crippen LogP contribution in [0.4, 0.5) is 0 Å². The van der Waals surface area contributed by atoms with Crippen molar-refractivity contribution in [2.75, 3.05) is 6.61 Å². The van der Waals surface area contributed by atoms with Gasteiger partial charge in [-0.1, -0.05) is 127 Å². The van der Waals surface area contributed by atoms with E-state index in [0.29, 0.717) is 6.61 Å². The van der Waals surface area contributed by atoms with E-state index in [-0.39, 0.29) is 0 Å². The van der Waals surface area contributed by atoms with Gasteiger partial charge in [-0.3, -0.25) is 4.52 Å². The van der Waals surface area contributed by atoms with E-state index in [9.17, 15) is 0 Å². The number of unbranched alkanes of at least 4 members (excludes halogenated alkanes) is 13. The standard InChI is InChI=1S/C28H43O3P/c1-2-3-4-5-6-7-8-9-10-11-12-13-14-21-26-29-32(30-27-22-17-15-18-23-27)31-28-24-19-16-20-25-28/h15-20,22-25H,2-14,21,26H2,1H3. The van der Waals surface area contributed by atoms with E-state index in [4.69, 9.17) is 13.6 Å². The number of para-hydroxylation sites is 2. The van der Waals surface area contributed by atoms with Gasteiger partial charge >= 0.3 is 8.60 Å². The van der Waals surface area contributed by atoms with Crippen LogP contribution < -0.4 is 9.05 Å². The van der Waals surface area contributed by atoms with Crippen molar-refractivity contribution < 1.29 is 13.6 Å². The zero-order valence-corrected chi connectivity index (χ0v) is 20.9. The average molecular weight is 459 g/mol. The Morgan fingerprint density at radius 3 is 1.28 bits per heavy atom. The normalized spacial score (nSPS) is 11.1. The highest BCUT2D eigenvalue weighted by molar-refractivity contribution is 7.42. The van der Waals surface area contributed by atoms with Crippen LogP contribution in [-0.4, -0.2) is 6.61 Å². The zero-order chi connectivity index (χ0) is 22.5.